The molecule has 19 nitrogen and oxygen atoms in total. The average molecular weight is 549 g/mol. The molecule has 39 heavy (non-hydrogen) atoms. The molecule has 210 valence electrons. The van der Waals surface area contributed by atoms with Gasteiger partial charge in [-0.3, -0.25) is 9.13 Å². The van der Waals surface area contributed by atoms with Crippen molar-refractivity contribution in [3.63, 3.8) is 0 Å². The summed E-state index contributed by atoms with van der Waals surface area (Å²) in [6.45, 7) is -0.663. The van der Waals surface area contributed by atoms with Gasteiger partial charge in [0.05, 0.1) is 32.0 Å². The fourth-order valence-electron chi connectivity index (χ4n) is 4.47. The molecule has 0 radical (unpaired) electrons. The number of aliphatic hydroxyl groups is 5. The van der Waals surface area contributed by atoms with Crippen LogP contribution in [0.25, 0.3) is 22.3 Å². The van der Waals surface area contributed by atoms with Crippen LogP contribution in [0, 0.1) is 0 Å². The molecule has 7 atom stereocenters. The number of nitrogens with zero attached hydrogens (tertiary/aromatic N) is 8. The van der Waals surface area contributed by atoms with Gasteiger partial charge in [0.2, 0.25) is 11.9 Å². The highest BCUT2D eigenvalue weighted by Crippen LogP contribution is 2.33. The van der Waals surface area contributed by atoms with Gasteiger partial charge in [-0.25, -0.2) is 9.97 Å². The Balaban J connectivity index is 0.000000158. The third kappa shape index (κ3) is 4.71. The first-order valence-corrected chi connectivity index (χ1v) is 11.7. The second-order valence-corrected chi connectivity index (χ2v) is 8.93. The SMILES string of the molecule is Nc1nc(N)c2ncn([C@@H]3O[C@H](CO)[C@@H](O)[C@H]3O)c2n1.Nc1nc(N)c2ncn([C@H]3C[C@H](O)[C@@H](CO)O3)c2n1. The number of aromatic nitrogens is 8. The standard InChI is InChI=1S/C10H14N6O4.C10H14N6O3/c11-7-4-8(15-10(12)14-7)16(2-13-4)9-6(19)5(18)3(1-17)20-9;11-8-7-9(15-10(12)14-8)16(3-13-7)6-1-4(18)5(2-17)19-6/h2-3,5-6,9,17-19H,1H2,(H4,11,12,14,15);3-6,17-18H,1-2H2,(H4,11,12,14,15)/t3-,5-,6-,9-;4-,5+,6+/m10/s1. The van der Waals surface area contributed by atoms with E-state index in [0.717, 1.165) is 0 Å². The summed E-state index contributed by atoms with van der Waals surface area (Å²) >= 11 is 0. The van der Waals surface area contributed by atoms with Crippen molar-refractivity contribution in [2.45, 2.75) is 49.4 Å². The van der Waals surface area contributed by atoms with Gasteiger partial charge >= 0.3 is 0 Å². The molecule has 4 aromatic rings. The van der Waals surface area contributed by atoms with Gasteiger partial charge in [-0.15, -0.1) is 0 Å². The molecule has 0 amide bonds. The van der Waals surface area contributed by atoms with Crippen molar-refractivity contribution in [2.75, 3.05) is 36.1 Å². The van der Waals surface area contributed by atoms with E-state index in [-0.39, 0.29) is 35.8 Å². The smallest absolute Gasteiger partial charge is 0.224 e. The van der Waals surface area contributed by atoms with Crippen molar-refractivity contribution in [3.05, 3.63) is 12.7 Å². The average Bonchev–Trinajstić information content (AvgIpc) is 3.65. The first kappa shape index (κ1) is 26.6. The zero-order valence-electron chi connectivity index (χ0n) is 20.3. The molecule has 0 spiro atoms. The second kappa shape index (κ2) is 10.3. The van der Waals surface area contributed by atoms with Crippen molar-refractivity contribution in [3.8, 4) is 0 Å². The molecule has 2 aliphatic heterocycles. The van der Waals surface area contributed by atoms with E-state index >= 15 is 0 Å². The molecule has 6 heterocycles. The fourth-order valence-corrected chi connectivity index (χ4v) is 4.47. The number of imidazole rings is 2. The lowest BCUT2D eigenvalue weighted by Gasteiger charge is -2.16. The minimum absolute atomic E-state index is 0.0384. The lowest BCUT2D eigenvalue weighted by Crippen LogP contribution is -2.33. The van der Waals surface area contributed by atoms with E-state index in [4.69, 9.17) is 42.6 Å². The summed E-state index contributed by atoms with van der Waals surface area (Å²) in [5, 5.41) is 47.6. The van der Waals surface area contributed by atoms with Gasteiger partial charge in [-0.2, -0.15) is 19.9 Å². The van der Waals surface area contributed by atoms with Gasteiger partial charge in [0.15, 0.2) is 29.2 Å². The van der Waals surface area contributed by atoms with Crippen LogP contribution in [0.3, 0.4) is 0 Å². The molecule has 4 aromatic heterocycles. The van der Waals surface area contributed by atoms with Gasteiger partial charge in [0.25, 0.3) is 0 Å². The molecule has 0 saturated carbocycles. The molecule has 19 heteroatoms. The summed E-state index contributed by atoms with van der Waals surface area (Å²) < 4.78 is 14.0. The van der Waals surface area contributed by atoms with Gasteiger partial charge in [-0.1, -0.05) is 0 Å². The number of aliphatic hydroxyl groups excluding tert-OH is 5. The first-order valence-electron chi connectivity index (χ1n) is 11.7. The minimum Gasteiger partial charge on any atom is -0.394 e. The van der Waals surface area contributed by atoms with Crippen molar-refractivity contribution in [2.24, 2.45) is 0 Å². The van der Waals surface area contributed by atoms with Crippen LogP contribution in [0.15, 0.2) is 12.7 Å². The largest absolute Gasteiger partial charge is 0.394 e. The molecule has 2 saturated heterocycles. The summed E-state index contributed by atoms with van der Waals surface area (Å²) in [6, 6.07) is 0. The van der Waals surface area contributed by atoms with Crippen LogP contribution in [-0.2, 0) is 9.47 Å². The van der Waals surface area contributed by atoms with Gasteiger partial charge < -0.3 is 57.9 Å². The van der Waals surface area contributed by atoms with E-state index < -0.39 is 49.6 Å². The highest BCUT2D eigenvalue weighted by Gasteiger charge is 2.44. The number of ether oxygens (including phenoxy) is 2. The number of nitrogens with two attached hydrogens (primary N) is 4. The Morgan fingerprint density at radius 3 is 1.79 bits per heavy atom. The molecule has 6 rings (SSSR count). The van der Waals surface area contributed by atoms with E-state index in [0.29, 0.717) is 23.1 Å². The number of rotatable bonds is 4. The Kier molecular flexibility index (Phi) is 7.03. The summed E-state index contributed by atoms with van der Waals surface area (Å²) in [6.07, 6.45) is -2.89. The monoisotopic (exact) mass is 548 g/mol. The van der Waals surface area contributed by atoms with E-state index in [1.54, 1.807) is 4.57 Å². The van der Waals surface area contributed by atoms with Crippen LogP contribution in [0.2, 0.25) is 0 Å². The van der Waals surface area contributed by atoms with E-state index in [9.17, 15) is 15.3 Å². The normalized spacial score (nSPS) is 28.7. The van der Waals surface area contributed by atoms with Crippen LogP contribution >= 0.6 is 0 Å². The lowest BCUT2D eigenvalue weighted by atomic mass is 10.1. The van der Waals surface area contributed by atoms with Gasteiger partial charge in [0, 0.05) is 6.42 Å². The maximum atomic E-state index is 9.99. The number of nitrogen functional groups attached to an aromatic ring is 4. The van der Waals surface area contributed by atoms with Crippen LogP contribution in [0.4, 0.5) is 23.5 Å². The Morgan fingerprint density at radius 2 is 1.28 bits per heavy atom. The van der Waals surface area contributed by atoms with Gasteiger partial charge in [-0.05, 0) is 0 Å². The molecule has 0 aliphatic carbocycles. The van der Waals surface area contributed by atoms with Crippen molar-refractivity contribution >= 4 is 45.9 Å². The number of hydrogen-bond acceptors (Lipinski definition) is 17. The maximum absolute atomic E-state index is 9.99. The summed E-state index contributed by atoms with van der Waals surface area (Å²) in [5.74, 6) is 0.309. The predicted molar refractivity (Wildman–Crippen MR) is 133 cm³/mol. The molecule has 0 bridgehead atoms. The highest BCUT2D eigenvalue weighted by atomic mass is 16.6. The van der Waals surface area contributed by atoms with Crippen molar-refractivity contribution in [1.29, 1.82) is 0 Å². The molecule has 0 aromatic carbocycles. The third-order valence-electron chi connectivity index (χ3n) is 6.42. The number of hydrogen-bond donors (Lipinski definition) is 9. The van der Waals surface area contributed by atoms with Crippen LogP contribution < -0.4 is 22.9 Å². The molecular weight excluding hydrogens is 520 g/mol. The maximum Gasteiger partial charge on any atom is 0.224 e. The molecular formula is C20H28N12O7. The van der Waals surface area contributed by atoms with E-state index in [1.165, 1.54) is 17.2 Å². The zero-order chi connectivity index (χ0) is 28.0. The molecule has 0 unspecified atom stereocenters. The van der Waals surface area contributed by atoms with Crippen LogP contribution in [-0.4, -0.2) is 108 Å². The van der Waals surface area contributed by atoms with E-state index in [1.807, 2.05) is 0 Å². The summed E-state index contributed by atoms with van der Waals surface area (Å²) in [5.41, 5.74) is 24.0. The first-order chi connectivity index (χ1) is 18.6. The lowest BCUT2D eigenvalue weighted by molar-refractivity contribution is -0.0511. The second-order valence-electron chi connectivity index (χ2n) is 8.93. The molecule has 13 N–H and O–H groups in total. The Bertz CT molecular complexity index is 1480. The summed E-state index contributed by atoms with van der Waals surface area (Å²) in [4.78, 5) is 23.8. The predicted octanol–water partition coefficient (Wildman–Crippen LogP) is -3.77. The topological polar surface area (TPSA) is 311 Å². The summed E-state index contributed by atoms with van der Waals surface area (Å²) in [7, 11) is 0. The Hall–Kier alpha value is -3.98. The Labute approximate surface area is 218 Å². The van der Waals surface area contributed by atoms with E-state index in [2.05, 4.69) is 29.9 Å². The number of fused-ring (bicyclic) bond motifs is 2. The third-order valence-corrected chi connectivity index (χ3v) is 6.42. The Morgan fingerprint density at radius 1 is 0.744 bits per heavy atom. The van der Waals surface area contributed by atoms with Crippen molar-refractivity contribution < 1.29 is 35.0 Å². The quantitative estimate of drug-likeness (QED) is 0.118. The number of anilines is 4. The van der Waals surface area contributed by atoms with Crippen LogP contribution in [0.1, 0.15) is 18.9 Å². The fraction of sp³-hybridized carbons (Fsp3) is 0.500. The van der Waals surface area contributed by atoms with Gasteiger partial charge in [0.1, 0.15) is 41.7 Å². The molecule has 2 fully saturated rings. The molecule has 2 aliphatic rings. The van der Waals surface area contributed by atoms with Crippen LogP contribution in [0.5, 0.6) is 0 Å². The highest BCUT2D eigenvalue weighted by molar-refractivity contribution is 5.83. The zero-order valence-corrected chi connectivity index (χ0v) is 20.3. The van der Waals surface area contributed by atoms with Crippen molar-refractivity contribution in [1.82, 2.24) is 39.0 Å². The minimum atomic E-state index is -1.23.